The number of carboxylic acids is 1. The molecule has 3 amide bonds. The van der Waals surface area contributed by atoms with Gasteiger partial charge in [-0.15, -0.1) is 0 Å². The number of urea groups is 1. The van der Waals surface area contributed by atoms with E-state index in [1.54, 1.807) is 4.90 Å². The first kappa shape index (κ1) is 16.3. The van der Waals surface area contributed by atoms with Crippen molar-refractivity contribution in [2.75, 3.05) is 39.9 Å². The molecule has 1 heterocycles. The highest BCUT2D eigenvalue weighted by molar-refractivity contribution is 5.95. The molecule has 0 saturated carbocycles. The number of hydrogen-bond acceptors (Lipinski definition) is 6. The van der Waals surface area contributed by atoms with Gasteiger partial charge in [0, 0.05) is 26.7 Å². The van der Waals surface area contributed by atoms with Crippen LogP contribution in [-0.4, -0.2) is 73.3 Å². The van der Waals surface area contributed by atoms with E-state index in [1.807, 2.05) is 0 Å². The number of imide groups is 1. The molecule has 1 saturated heterocycles. The molecule has 1 atom stereocenters. The maximum Gasteiger partial charge on any atom is 0.325 e. The highest BCUT2D eigenvalue weighted by Gasteiger charge is 2.41. The summed E-state index contributed by atoms with van der Waals surface area (Å²) >= 11 is 0. The minimum absolute atomic E-state index is 0.0655. The predicted octanol–water partition coefficient (Wildman–Crippen LogP) is -2.05. The Hall–Kier alpha value is -1.71. The first-order chi connectivity index (χ1) is 9.37. The van der Waals surface area contributed by atoms with Gasteiger partial charge in [-0.1, -0.05) is 0 Å². The number of carbonyl (C=O) groups is 3. The minimum Gasteiger partial charge on any atom is -0.480 e. The van der Waals surface area contributed by atoms with E-state index in [2.05, 4.69) is 10.6 Å². The van der Waals surface area contributed by atoms with Crippen LogP contribution in [0, 0.1) is 0 Å². The summed E-state index contributed by atoms with van der Waals surface area (Å²) in [5.74, 6) is -1.59. The lowest BCUT2D eigenvalue weighted by atomic mass is 10.0. The molecule has 0 aromatic rings. The molecule has 0 aromatic heterocycles. The second-order valence-electron chi connectivity index (χ2n) is 4.72. The van der Waals surface area contributed by atoms with Gasteiger partial charge in [-0.2, -0.15) is 0 Å². The molecule has 1 aliphatic rings. The van der Waals surface area contributed by atoms with E-state index < -0.39 is 23.4 Å². The first-order valence-corrected chi connectivity index (χ1v) is 6.18. The molecule has 1 fully saturated rings. The lowest BCUT2D eigenvalue weighted by Crippen LogP contribution is -2.51. The second-order valence-corrected chi connectivity index (χ2v) is 4.72. The van der Waals surface area contributed by atoms with E-state index in [0.29, 0.717) is 19.7 Å². The number of aliphatic carboxylic acids is 1. The number of carboxylic acid groups (broad SMARTS) is 1. The van der Waals surface area contributed by atoms with Crippen LogP contribution in [0.2, 0.25) is 0 Å². The lowest BCUT2D eigenvalue weighted by Gasteiger charge is -2.19. The van der Waals surface area contributed by atoms with Crippen LogP contribution in [0.3, 0.4) is 0 Å². The van der Waals surface area contributed by atoms with Crippen molar-refractivity contribution in [2.45, 2.75) is 12.0 Å². The third-order valence-electron chi connectivity index (χ3n) is 3.02. The Morgan fingerprint density at radius 3 is 2.70 bits per heavy atom. The molecule has 5 N–H and O–H groups in total. The van der Waals surface area contributed by atoms with Crippen LogP contribution >= 0.6 is 0 Å². The molecule has 9 nitrogen and oxygen atoms in total. The summed E-state index contributed by atoms with van der Waals surface area (Å²) in [5, 5.41) is 13.6. The fourth-order valence-corrected chi connectivity index (χ4v) is 1.90. The molecule has 0 aromatic carbocycles. The molecule has 0 bridgehead atoms. The quantitative estimate of drug-likeness (QED) is 0.413. The third kappa shape index (κ3) is 4.76. The van der Waals surface area contributed by atoms with E-state index in [-0.39, 0.29) is 19.5 Å². The summed E-state index contributed by atoms with van der Waals surface area (Å²) in [6.45, 7) is 1.07. The van der Waals surface area contributed by atoms with Gasteiger partial charge in [-0.05, 0) is 6.42 Å². The molecule has 0 radical (unpaired) electrons. The molecule has 0 spiro atoms. The largest absolute Gasteiger partial charge is 0.480 e. The Morgan fingerprint density at radius 1 is 1.45 bits per heavy atom. The molecule has 1 aliphatic heterocycles. The van der Waals surface area contributed by atoms with Gasteiger partial charge < -0.3 is 20.9 Å². The minimum atomic E-state index is -1.32. The van der Waals surface area contributed by atoms with Gasteiger partial charge >= 0.3 is 12.0 Å². The van der Waals surface area contributed by atoms with Crippen molar-refractivity contribution >= 4 is 17.9 Å². The van der Waals surface area contributed by atoms with E-state index in [4.69, 9.17) is 15.6 Å². The SMILES string of the molecule is COCCNC(=O)NC(=O)CN1CCC(N)(C(=O)O)C1. The number of amides is 3. The molecule has 114 valence electrons. The number of methoxy groups -OCH3 is 1. The zero-order valence-electron chi connectivity index (χ0n) is 11.3. The van der Waals surface area contributed by atoms with Gasteiger partial charge in [0.15, 0.2) is 0 Å². The number of likely N-dealkylation sites (tertiary alicyclic amines) is 1. The van der Waals surface area contributed by atoms with Crippen LogP contribution < -0.4 is 16.4 Å². The Labute approximate surface area is 116 Å². The zero-order chi connectivity index (χ0) is 15.2. The number of nitrogens with zero attached hydrogens (tertiary/aromatic N) is 1. The van der Waals surface area contributed by atoms with Crippen LogP contribution in [0.5, 0.6) is 0 Å². The van der Waals surface area contributed by atoms with Crippen LogP contribution in [0.25, 0.3) is 0 Å². The molecule has 20 heavy (non-hydrogen) atoms. The van der Waals surface area contributed by atoms with Crippen molar-refractivity contribution in [1.82, 2.24) is 15.5 Å². The predicted molar refractivity (Wildman–Crippen MR) is 69.0 cm³/mol. The highest BCUT2D eigenvalue weighted by Crippen LogP contribution is 2.18. The van der Waals surface area contributed by atoms with Crippen LogP contribution in [0.1, 0.15) is 6.42 Å². The van der Waals surface area contributed by atoms with E-state index >= 15 is 0 Å². The normalized spacial score (nSPS) is 22.5. The Balaban J connectivity index is 2.30. The lowest BCUT2D eigenvalue weighted by molar-refractivity contribution is -0.143. The van der Waals surface area contributed by atoms with Crippen molar-refractivity contribution in [3.05, 3.63) is 0 Å². The van der Waals surface area contributed by atoms with Gasteiger partial charge in [0.25, 0.3) is 0 Å². The average molecular weight is 288 g/mol. The Kier molecular flexibility index (Phi) is 5.86. The van der Waals surface area contributed by atoms with Crippen LogP contribution in [0.4, 0.5) is 4.79 Å². The van der Waals surface area contributed by atoms with Crippen LogP contribution in [0.15, 0.2) is 0 Å². The molecular weight excluding hydrogens is 268 g/mol. The van der Waals surface area contributed by atoms with Crippen LogP contribution in [-0.2, 0) is 14.3 Å². The monoisotopic (exact) mass is 288 g/mol. The Bertz CT molecular complexity index is 389. The van der Waals surface area contributed by atoms with E-state index in [0.717, 1.165) is 0 Å². The highest BCUT2D eigenvalue weighted by atomic mass is 16.5. The third-order valence-corrected chi connectivity index (χ3v) is 3.02. The van der Waals surface area contributed by atoms with Crippen molar-refractivity contribution in [3.63, 3.8) is 0 Å². The van der Waals surface area contributed by atoms with E-state index in [9.17, 15) is 14.4 Å². The summed E-state index contributed by atoms with van der Waals surface area (Å²) in [7, 11) is 1.50. The van der Waals surface area contributed by atoms with Gasteiger partial charge in [0.05, 0.1) is 13.2 Å². The zero-order valence-corrected chi connectivity index (χ0v) is 11.3. The number of rotatable bonds is 6. The molecule has 1 rings (SSSR count). The maximum absolute atomic E-state index is 11.6. The fraction of sp³-hybridized carbons (Fsp3) is 0.727. The number of ether oxygens (including phenoxy) is 1. The molecular formula is C11H20N4O5. The average Bonchev–Trinajstić information content (AvgIpc) is 2.72. The summed E-state index contributed by atoms with van der Waals surface area (Å²) in [5.41, 5.74) is 4.37. The van der Waals surface area contributed by atoms with Crippen molar-refractivity contribution in [1.29, 1.82) is 0 Å². The summed E-state index contributed by atoms with van der Waals surface area (Å²) in [6.07, 6.45) is 0.273. The maximum atomic E-state index is 11.6. The van der Waals surface area contributed by atoms with Gasteiger partial charge in [0.2, 0.25) is 5.91 Å². The summed E-state index contributed by atoms with van der Waals surface area (Å²) in [4.78, 5) is 35.4. The topological polar surface area (TPSA) is 134 Å². The van der Waals surface area contributed by atoms with Crippen molar-refractivity contribution in [3.8, 4) is 0 Å². The number of nitrogens with two attached hydrogens (primary N) is 1. The van der Waals surface area contributed by atoms with Gasteiger partial charge in [0.1, 0.15) is 5.54 Å². The second kappa shape index (κ2) is 7.17. The first-order valence-electron chi connectivity index (χ1n) is 6.18. The number of carbonyl (C=O) groups excluding carboxylic acids is 2. The Morgan fingerprint density at radius 2 is 2.15 bits per heavy atom. The van der Waals surface area contributed by atoms with Crippen molar-refractivity contribution < 1.29 is 24.2 Å². The van der Waals surface area contributed by atoms with Crippen molar-refractivity contribution in [2.24, 2.45) is 5.73 Å². The molecule has 1 unspecified atom stereocenters. The standard InChI is InChI=1S/C11H20N4O5/c1-20-5-3-13-10(19)14-8(16)6-15-4-2-11(12,7-15)9(17)18/h2-7,12H2,1H3,(H,17,18)(H2,13,14,16,19). The summed E-state index contributed by atoms with van der Waals surface area (Å²) < 4.78 is 4.74. The van der Waals surface area contributed by atoms with Gasteiger partial charge in [-0.3, -0.25) is 19.8 Å². The molecule has 0 aliphatic carbocycles. The molecule has 9 heteroatoms. The smallest absolute Gasteiger partial charge is 0.325 e. The van der Waals surface area contributed by atoms with E-state index in [1.165, 1.54) is 7.11 Å². The number of hydrogen-bond donors (Lipinski definition) is 4. The van der Waals surface area contributed by atoms with Gasteiger partial charge in [-0.25, -0.2) is 4.79 Å². The summed E-state index contributed by atoms with van der Waals surface area (Å²) in [6, 6.07) is -0.608. The number of nitrogens with one attached hydrogen (secondary N) is 2. The fourth-order valence-electron chi connectivity index (χ4n) is 1.90.